The second kappa shape index (κ2) is 5.40. The number of amides is 2. The van der Waals surface area contributed by atoms with Crippen LogP contribution in [0, 0.1) is 5.82 Å². The molecule has 112 valence electrons. The fraction of sp³-hybridized carbons (Fsp3) is 0.467. The van der Waals surface area contributed by atoms with Gasteiger partial charge in [-0.1, -0.05) is 34.8 Å². The first-order valence-corrected chi connectivity index (χ1v) is 7.85. The smallest absolute Gasteiger partial charge is 0.246 e. The molecular weight excluding hydrogens is 339 g/mol. The molecule has 1 aliphatic carbocycles. The number of nitrogens with zero attached hydrogens (tertiary/aromatic N) is 1. The fourth-order valence-corrected chi connectivity index (χ4v) is 3.63. The molecular formula is C15H16BrFN2O2. The molecule has 4 nitrogen and oxygen atoms in total. The average molecular weight is 355 g/mol. The molecule has 2 amide bonds. The molecule has 1 aromatic carbocycles. The van der Waals surface area contributed by atoms with E-state index in [0.29, 0.717) is 22.9 Å². The maximum absolute atomic E-state index is 14.0. The Morgan fingerprint density at radius 2 is 2.00 bits per heavy atom. The first-order valence-electron chi connectivity index (χ1n) is 7.06. The van der Waals surface area contributed by atoms with E-state index in [4.69, 9.17) is 0 Å². The lowest BCUT2D eigenvalue weighted by Crippen LogP contribution is -2.65. The molecule has 21 heavy (non-hydrogen) atoms. The lowest BCUT2D eigenvalue weighted by molar-refractivity contribution is -0.154. The number of carbonyl (C=O) groups is 2. The summed E-state index contributed by atoms with van der Waals surface area (Å²) < 4.78 is 14.7. The number of nitrogens with one attached hydrogen (secondary N) is 1. The van der Waals surface area contributed by atoms with Crippen molar-refractivity contribution in [3.05, 3.63) is 34.1 Å². The Kier molecular flexibility index (Phi) is 3.73. The maximum atomic E-state index is 14.0. The lowest BCUT2D eigenvalue weighted by atomic mass is 9.90. The van der Waals surface area contributed by atoms with Crippen LogP contribution in [0.25, 0.3) is 0 Å². The predicted molar refractivity (Wildman–Crippen MR) is 78.9 cm³/mol. The van der Waals surface area contributed by atoms with Crippen molar-refractivity contribution in [1.82, 2.24) is 10.2 Å². The largest absolute Gasteiger partial charge is 0.345 e. The van der Waals surface area contributed by atoms with Crippen LogP contribution in [-0.2, 0) is 16.1 Å². The summed E-state index contributed by atoms with van der Waals surface area (Å²) in [7, 11) is 0. The molecule has 1 heterocycles. The number of hydrogen-bond donors (Lipinski definition) is 1. The molecule has 2 aliphatic rings. The molecule has 2 fully saturated rings. The van der Waals surface area contributed by atoms with E-state index in [-0.39, 0.29) is 30.7 Å². The van der Waals surface area contributed by atoms with Gasteiger partial charge < -0.3 is 10.2 Å². The zero-order valence-electron chi connectivity index (χ0n) is 11.5. The number of halogens is 2. The molecule has 0 bridgehead atoms. The van der Waals surface area contributed by atoms with Gasteiger partial charge in [-0.2, -0.15) is 0 Å². The van der Waals surface area contributed by atoms with Gasteiger partial charge in [0.05, 0.1) is 6.54 Å². The van der Waals surface area contributed by atoms with Crippen molar-refractivity contribution in [2.24, 2.45) is 0 Å². The number of benzene rings is 1. The molecule has 0 atom stereocenters. The number of piperazine rings is 1. The fourth-order valence-electron chi connectivity index (χ4n) is 3.29. The van der Waals surface area contributed by atoms with Crippen molar-refractivity contribution >= 4 is 27.7 Å². The third kappa shape index (κ3) is 2.46. The highest BCUT2D eigenvalue weighted by Crippen LogP contribution is 2.38. The van der Waals surface area contributed by atoms with Gasteiger partial charge in [0.2, 0.25) is 11.8 Å². The molecule has 1 aliphatic heterocycles. The van der Waals surface area contributed by atoms with Crippen LogP contribution in [0.1, 0.15) is 31.2 Å². The Hall–Kier alpha value is -1.43. The zero-order chi connectivity index (χ0) is 15.0. The van der Waals surface area contributed by atoms with Crippen LogP contribution in [0.15, 0.2) is 22.7 Å². The SMILES string of the molecule is O=C1CNC(=O)C2(CCCC2)N1Cc1ccc(Br)cc1F. The van der Waals surface area contributed by atoms with E-state index in [1.54, 1.807) is 17.0 Å². The minimum atomic E-state index is -0.783. The van der Waals surface area contributed by atoms with Gasteiger partial charge in [-0.25, -0.2) is 4.39 Å². The van der Waals surface area contributed by atoms with Crippen LogP contribution in [0.3, 0.4) is 0 Å². The molecule has 1 saturated heterocycles. The Morgan fingerprint density at radius 3 is 2.67 bits per heavy atom. The predicted octanol–water partition coefficient (Wildman–Crippen LogP) is 2.36. The van der Waals surface area contributed by atoms with E-state index >= 15 is 0 Å². The van der Waals surface area contributed by atoms with Gasteiger partial charge in [-0.3, -0.25) is 9.59 Å². The Bertz CT molecular complexity index is 599. The summed E-state index contributed by atoms with van der Waals surface area (Å²) >= 11 is 3.22. The number of carbonyl (C=O) groups excluding carboxylic acids is 2. The van der Waals surface area contributed by atoms with Crippen molar-refractivity contribution in [2.75, 3.05) is 6.54 Å². The summed E-state index contributed by atoms with van der Waals surface area (Å²) in [4.78, 5) is 26.1. The van der Waals surface area contributed by atoms with E-state index in [2.05, 4.69) is 21.2 Å². The summed E-state index contributed by atoms with van der Waals surface area (Å²) in [5.74, 6) is -0.604. The average Bonchev–Trinajstić information content (AvgIpc) is 2.92. The summed E-state index contributed by atoms with van der Waals surface area (Å²) in [5.41, 5.74) is -0.345. The normalized spacial score (nSPS) is 21.0. The summed E-state index contributed by atoms with van der Waals surface area (Å²) in [5, 5.41) is 2.67. The molecule has 1 spiro atoms. The van der Waals surface area contributed by atoms with Crippen molar-refractivity contribution in [2.45, 2.75) is 37.8 Å². The summed E-state index contributed by atoms with van der Waals surface area (Å²) in [6, 6.07) is 4.78. The highest BCUT2D eigenvalue weighted by Gasteiger charge is 2.50. The summed E-state index contributed by atoms with van der Waals surface area (Å²) in [6.07, 6.45) is 3.14. The van der Waals surface area contributed by atoms with E-state index in [0.717, 1.165) is 12.8 Å². The monoisotopic (exact) mass is 354 g/mol. The second-order valence-corrected chi connectivity index (χ2v) is 6.55. The highest BCUT2D eigenvalue weighted by atomic mass is 79.9. The van der Waals surface area contributed by atoms with E-state index < -0.39 is 5.54 Å². The van der Waals surface area contributed by atoms with Gasteiger partial charge in [0.1, 0.15) is 11.4 Å². The second-order valence-electron chi connectivity index (χ2n) is 5.64. The molecule has 0 unspecified atom stereocenters. The van der Waals surface area contributed by atoms with Crippen LogP contribution in [0.2, 0.25) is 0 Å². The van der Waals surface area contributed by atoms with Gasteiger partial charge in [0.15, 0.2) is 0 Å². The molecule has 3 rings (SSSR count). The van der Waals surface area contributed by atoms with Crippen molar-refractivity contribution in [3.8, 4) is 0 Å². The quantitative estimate of drug-likeness (QED) is 0.886. The van der Waals surface area contributed by atoms with Gasteiger partial charge in [-0.15, -0.1) is 0 Å². The van der Waals surface area contributed by atoms with E-state index in [1.807, 2.05) is 0 Å². The van der Waals surface area contributed by atoms with Gasteiger partial charge in [-0.05, 0) is 25.0 Å². The lowest BCUT2D eigenvalue weighted by Gasteiger charge is -2.43. The van der Waals surface area contributed by atoms with Crippen molar-refractivity contribution in [1.29, 1.82) is 0 Å². The molecule has 1 N–H and O–H groups in total. The topological polar surface area (TPSA) is 49.4 Å². The van der Waals surface area contributed by atoms with Gasteiger partial charge in [0, 0.05) is 16.6 Å². The first kappa shape index (κ1) is 14.5. The third-order valence-corrected chi connectivity index (χ3v) is 4.91. The van der Waals surface area contributed by atoms with Gasteiger partial charge >= 0.3 is 0 Å². The third-order valence-electron chi connectivity index (χ3n) is 4.41. The molecule has 1 saturated carbocycles. The Labute approximate surface area is 130 Å². The van der Waals surface area contributed by atoms with Crippen LogP contribution >= 0.6 is 15.9 Å². The minimum Gasteiger partial charge on any atom is -0.345 e. The van der Waals surface area contributed by atoms with E-state index in [9.17, 15) is 14.0 Å². The molecule has 0 aromatic heterocycles. The first-order chi connectivity index (χ1) is 10.0. The van der Waals surface area contributed by atoms with Crippen LogP contribution in [0.4, 0.5) is 4.39 Å². The minimum absolute atomic E-state index is 0.00126. The zero-order valence-corrected chi connectivity index (χ0v) is 13.1. The Balaban J connectivity index is 1.93. The standard InChI is InChI=1S/C15H16BrFN2O2/c16-11-4-3-10(12(17)7-11)9-19-13(20)8-18-14(21)15(19)5-1-2-6-15/h3-4,7H,1-2,5-6,8-9H2,(H,18,21). The molecule has 6 heteroatoms. The van der Waals surface area contributed by atoms with Crippen LogP contribution < -0.4 is 5.32 Å². The van der Waals surface area contributed by atoms with Crippen LogP contribution in [-0.4, -0.2) is 28.8 Å². The van der Waals surface area contributed by atoms with Crippen molar-refractivity contribution < 1.29 is 14.0 Å². The number of hydrogen-bond acceptors (Lipinski definition) is 2. The van der Waals surface area contributed by atoms with Crippen LogP contribution in [0.5, 0.6) is 0 Å². The maximum Gasteiger partial charge on any atom is 0.246 e. The van der Waals surface area contributed by atoms with Gasteiger partial charge in [0.25, 0.3) is 0 Å². The molecule has 1 aromatic rings. The Morgan fingerprint density at radius 1 is 1.29 bits per heavy atom. The van der Waals surface area contributed by atoms with Crippen molar-refractivity contribution in [3.63, 3.8) is 0 Å². The molecule has 0 radical (unpaired) electrons. The summed E-state index contributed by atoms with van der Waals surface area (Å²) in [6.45, 7) is 0.143. The number of rotatable bonds is 2. The highest BCUT2D eigenvalue weighted by molar-refractivity contribution is 9.10. The van der Waals surface area contributed by atoms with E-state index in [1.165, 1.54) is 6.07 Å².